The number of aliphatic hydroxyl groups is 1. The van der Waals surface area contributed by atoms with Crippen LogP contribution in [0.1, 0.15) is 25.0 Å². The number of rotatable bonds is 6. The molecular formula is C13H18F3NO2. The highest BCUT2D eigenvalue weighted by molar-refractivity contribution is 5.39. The quantitative estimate of drug-likeness (QED) is 0.839. The van der Waals surface area contributed by atoms with Gasteiger partial charge < -0.3 is 15.2 Å². The Balaban J connectivity index is 2.96. The van der Waals surface area contributed by atoms with E-state index in [9.17, 15) is 13.2 Å². The van der Waals surface area contributed by atoms with E-state index in [-0.39, 0.29) is 12.4 Å². The van der Waals surface area contributed by atoms with Gasteiger partial charge in [-0.15, -0.1) is 0 Å². The first kappa shape index (κ1) is 15.8. The molecule has 1 aromatic rings. The lowest BCUT2D eigenvalue weighted by atomic mass is 10.1. The van der Waals surface area contributed by atoms with Crippen LogP contribution in [0.2, 0.25) is 0 Å². The third-order valence-corrected chi connectivity index (χ3v) is 2.41. The molecule has 0 spiro atoms. The molecule has 0 amide bonds. The highest BCUT2D eigenvalue weighted by Gasteiger charge is 2.34. The number of hydrogen-bond donors (Lipinski definition) is 2. The second kappa shape index (κ2) is 6.77. The SMILES string of the molecule is CCNCc1ccc(OCC(C)O)c(C(F)(F)F)c1. The fraction of sp³-hybridized carbons (Fsp3) is 0.538. The first-order valence-corrected chi connectivity index (χ1v) is 6.06. The van der Waals surface area contributed by atoms with Gasteiger partial charge in [-0.25, -0.2) is 0 Å². The van der Waals surface area contributed by atoms with Crippen LogP contribution in [0.25, 0.3) is 0 Å². The number of alkyl halides is 3. The first-order chi connectivity index (χ1) is 8.84. The molecule has 1 rings (SSSR count). The molecule has 108 valence electrons. The van der Waals surface area contributed by atoms with Gasteiger partial charge in [-0.3, -0.25) is 0 Å². The molecule has 1 atom stereocenters. The lowest BCUT2D eigenvalue weighted by Crippen LogP contribution is -2.17. The largest absolute Gasteiger partial charge is 0.490 e. The van der Waals surface area contributed by atoms with Gasteiger partial charge in [0.15, 0.2) is 0 Å². The minimum atomic E-state index is -4.48. The van der Waals surface area contributed by atoms with E-state index in [0.29, 0.717) is 18.7 Å². The number of hydrogen-bond acceptors (Lipinski definition) is 3. The summed E-state index contributed by atoms with van der Waals surface area (Å²) in [7, 11) is 0. The standard InChI is InChI=1S/C13H18F3NO2/c1-3-17-7-10-4-5-12(19-8-9(2)18)11(6-10)13(14,15)16/h4-6,9,17-18H,3,7-8H2,1-2H3. The zero-order valence-corrected chi connectivity index (χ0v) is 10.9. The van der Waals surface area contributed by atoms with Gasteiger partial charge in [0.25, 0.3) is 0 Å². The van der Waals surface area contributed by atoms with Crippen LogP contribution < -0.4 is 10.1 Å². The minimum absolute atomic E-state index is 0.171. The topological polar surface area (TPSA) is 41.5 Å². The maximum atomic E-state index is 12.9. The monoisotopic (exact) mass is 277 g/mol. The Morgan fingerprint density at radius 1 is 1.37 bits per heavy atom. The summed E-state index contributed by atoms with van der Waals surface area (Å²) in [6.45, 7) is 4.21. The highest BCUT2D eigenvalue weighted by atomic mass is 19.4. The van der Waals surface area contributed by atoms with E-state index in [1.807, 2.05) is 6.92 Å². The summed E-state index contributed by atoms with van der Waals surface area (Å²) in [5.74, 6) is -0.256. The summed E-state index contributed by atoms with van der Waals surface area (Å²) in [4.78, 5) is 0. The van der Waals surface area contributed by atoms with Crippen LogP contribution in [0.15, 0.2) is 18.2 Å². The molecule has 0 saturated heterocycles. The average Bonchev–Trinajstić information content (AvgIpc) is 2.33. The molecule has 0 aromatic heterocycles. The lowest BCUT2D eigenvalue weighted by molar-refractivity contribution is -0.139. The van der Waals surface area contributed by atoms with E-state index < -0.39 is 17.8 Å². The van der Waals surface area contributed by atoms with Crippen LogP contribution in [0.5, 0.6) is 5.75 Å². The number of aliphatic hydroxyl groups excluding tert-OH is 1. The zero-order chi connectivity index (χ0) is 14.5. The summed E-state index contributed by atoms with van der Waals surface area (Å²) < 4.78 is 43.7. The molecule has 0 aliphatic carbocycles. The Morgan fingerprint density at radius 2 is 2.05 bits per heavy atom. The average molecular weight is 277 g/mol. The fourth-order valence-corrected chi connectivity index (χ4v) is 1.51. The van der Waals surface area contributed by atoms with E-state index in [2.05, 4.69) is 5.32 Å². The lowest BCUT2D eigenvalue weighted by Gasteiger charge is -2.16. The molecule has 3 nitrogen and oxygen atoms in total. The van der Waals surface area contributed by atoms with Gasteiger partial charge in [-0.05, 0) is 31.2 Å². The first-order valence-electron chi connectivity index (χ1n) is 6.06. The fourth-order valence-electron chi connectivity index (χ4n) is 1.51. The molecule has 0 aliphatic rings. The Morgan fingerprint density at radius 3 is 2.58 bits per heavy atom. The van der Waals surface area contributed by atoms with Gasteiger partial charge in [0.1, 0.15) is 12.4 Å². The highest BCUT2D eigenvalue weighted by Crippen LogP contribution is 2.36. The molecule has 1 unspecified atom stereocenters. The van der Waals surface area contributed by atoms with Crippen molar-refractivity contribution in [3.05, 3.63) is 29.3 Å². The van der Waals surface area contributed by atoms with E-state index in [1.54, 1.807) is 6.07 Å². The Kier molecular flexibility index (Phi) is 5.62. The van der Waals surface area contributed by atoms with Crippen molar-refractivity contribution in [3.63, 3.8) is 0 Å². The molecule has 0 saturated carbocycles. The van der Waals surface area contributed by atoms with Crippen LogP contribution in [-0.4, -0.2) is 24.4 Å². The van der Waals surface area contributed by atoms with E-state index >= 15 is 0 Å². The summed E-state index contributed by atoms with van der Waals surface area (Å²) >= 11 is 0. The van der Waals surface area contributed by atoms with Crippen LogP contribution in [0.3, 0.4) is 0 Å². The molecule has 0 heterocycles. The molecule has 0 radical (unpaired) electrons. The van der Waals surface area contributed by atoms with Crippen LogP contribution in [-0.2, 0) is 12.7 Å². The smallest absolute Gasteiger partial charge is 0.419 e. The van der Waals surface area contributed by atoms with Crippen molar-refractivity contribution in [1.29, 1.82) is 0 Å². The third kappa shape index (κ3) is 5.08. The number of ether oxygens (including phenoxy) is 1. The number of benzene rings is 1. The summed E-state index contributed by atoms with van der Waals surface area (Å²) in [5.41, 5.74) is -0.276. The van der Waals surface area contributed by atoms with Crippen LogP contribution >= 0.6 is 0 Å². The van der Waals surface area contributed by atoms with E-state index in [4.69, 9.17) is 9.84 Å². The molecular weight excluding hydrogens is 259 g/mol. The molecule has 6 heteroatoms. The maximum absolute atomic E-state index is 12.9. The van der Waals surface area contributed by atoms with E-state index in [1.165, 1.54) is 13.0 Å². The summed E-state index contributed by atoms with van der Waals surface area (Å²) in [6.07, 6.45) is -5.29. The second-order valence-electron chi connectivity index (χ2n) is 4.27. The van der Waals surface area contributed by atoms with Gasteiger partial charge >= 0.3 is 6.18 Å². The predicted molar refractivity (Wildman–Crippen MR) is 66.0 cm³/mol. The third-order valence-electron chi connectivity index (χ3n) is 2.41. The van der Waals surface area contributed by atoms with Gasteiger partial charge in [0.2, 0.25) is 0 Å². The van der Waals surface area contributed by atoms with Crippen molar-refractivity contribution in [3.8, 4) is 5.75 Å². The van der Waals surface area contributed by atoms with Crippen LogP contribution in [0.4, 0.5) is 13.2 Å². The molecule has 0 bridgehead atoms. The normalized spacial score (nSPS) is 13.4. The second-order valence-corrected chi connectivity index (χ2v) is 4.27. The number of nitrogens with one attached hydrogen (secondary N) is 1. The van der Waals surface area contributed by atoms with Crippen molar-refractivity contribution >= 4 is 0 Å². The Hall–Kier alpha value is -1.27. The summed E-state index contributed by atoms with van der Waals surface area (Å²) in [5, 5.41) is 12.0. The van der Waals surface area contributed by atoms with Gasteiger partial charge in [0, 0.05) is 6.54 Å². The Labute approximate surface area is 110 Å². The molecule has 19 heavy (non-hydrogen) atoms. The Bertz CT molecular complexity index is 405. The van der Waals surface area contributed by atoms with Crippen molar-refractivity contribution in [2.45, 2.75) is 32.7 Å². The zero-order valence-electron chi connectivity index (χ0n) is 10.9. The van der Waals surface area contributed by atoms with E-state index in [0.717, 1.165) is 6.07 Å². The van der Waals surface area contributed by atoms with Crippen molar-refractivity contribution in [2.24, 2.45) is 0 Å². The minimum Gasteiger partial charge on any atom is -0.490 e. The van der Waals surface area contributed by atoms with Crippen molar-refractivity contribution < 1.29 is 23.0 Å². The van der Waals surface area contributed by atoms with Crippen molar-refractivity contribution in [2.75, 3.05) is 13.2 Å². The van der Waals surface area contributed by atoms with Crippen LogP contribution in [0, 0.1) is 0 Å². The van der Waals surface area contributed by atoms with Gasteiger partial charge in [-0.2, -0.15) is 13.2 Å². The number of halogens is 3. The molecule has 2 N–H and O–H groups in total. The van der Waals surface area contributed by atoms with Gasteiger partial charge in [-0.1, -0.05) is 13.0 Å². The van der Waals surface area contributed by atoms with Crippen molar-refractivity contribution in [1.82, 2.24) is 5.32 Å². The molecule has 0 fully saturated rings. The maximum Gasteiger partial charge on any atom is 0.419 e. The molecule has 0 aliphatic heterocycles. The molecule has 1 aromatic carbocycles. The predicted octanol–water partition coefficient (Wildman–Crippen LogP) is 2.57. The summed E-state index contributed by atoms with van der Waals surface area (Å²) in [6, 6.07) is 3.94. The van der Waals surface area contributed by atoms with Gasteiger partial charge in [0.05, 0.1) is 11.7 Å².